The first-order chi connectivity index (χ1) is 8.71. The number of hydrogen-bond acceptors (Lipinski definition) is 3. The van der Waals surface area contributed by atoms with Crippen LogP contribution in [0.4, 0.5) is 5.82 Å². The number of hydrogen-bond donors (Lipinski definition) is 0. The van der Waals surface area contributed by atoms with Gasteiger partial charge in [0.25, 0.3) is 0 Å². The fraction of sp³-hybridized carbons (Fsp3) is 0.643. The number of halogens is 1. The van der Waals surface area contributed by atoms with Crippen molar-refractivity contribution in [1.29, 1.82) is 0 Å². The van der Waals surface area contributed by atoms with E-state index in [1.807, 2.05) is 11.8 Å². The summed E-state index contributed by atoms with van der Waals surface area (Å²) < 4.78 is 0. The predicted molar refractivity (Wildman–Crippen MR) is 84.1 cm³/mol. The summed E-state index contributed by atoms with van der Waals surface area (Å²) >= 11 is 7.84. The molecule has 0 spiro atoms. The summed E-state index contributed by atoms with van der Waals surface area (Å²) in [7, 11) is 2.11. The standard InChI is InChI=1S/C14H23ClN2S/c1-4-6-13-9-12(11-15)10-14(16-13)17(2)7-5-8-18-3/h9-10H,4-8,11H2,1-3H3. The van der Waals surface area contributed by atoms with E-state index >= 15 is 0 Å². The minimum absolute atomic E-state index is 0.560. The molecule has 18 heavy (non-hydrogen) atoms. The molecular formula is C14H23ClN2S. The van der Waals surface area contributed by atoms with Gasteiger partial charge in [-0.3, -0.25) is 0 Å². The van der Waals surface area contributed by atoms with Crippen LogP contribution >= 0.6 is 23.4 Å². The van der Waals surface area contributed by atoms with Crippen molar-refractivity contribution in [2.75, 3.05) is 30.5 Å². The molecule has 0 fully saturated rings. The van der Waals surface area contributed by atoms with E-state index in [0.29, 0.717) is 5.88 Å². The molecule has 0 aliphatic carbocycles. The summed E-state index contributed by atoms with van der Waals surface area (Å²) in [6.45, 7) is 3.22. The molecule has 1 aromatic heterocycles. The molecule has 1 rings (SSSR count). The molecule has 1 aromatic rings. The van der Waals surface area contributed by atoms with Gasteiger partial charge in [-0.1, -0.05) is 13.3 Å². The zero-order valence-electron chi connectivity index (χ0n) is 11.6. The maximum Gasteiger partial charge on any atom is 0.128 e. The minimum atomic E-state index is 0.560. The molecule has 1 heterocycles. The van der Waals surface area contributed by atoms with Gasteiger partial charge < -0.3 is 4.90 Å². The van der Waals surface area contributed by atoms with Gasteiger partial charge >= 0.3 is 0 Å². The quantitative estimate of drug-likeness (QED) is 0.531. The van der Waals surface area contributed by atoms with Gasteiger partial charge in [-0.2, -0.15) is 11.8 Å². The Balaban J connectivity index is 2.75. The van der Waals surface area contributed by atoms with Crippen LogP contribution in [-0.2, 0) is 12.3 Å². The molecule has 102 valence electrons. The monoisotopic (exact) mass is 286 g/mol. The Labute approximate surface area is 120 Å². The maximum atomic E-state index is 5.95. The maximum absolute atomic E-state index is 5.95. The third-order valence-electron chi connectivity index (χ3n) is 2.82. The van der Waals surface area contributed by atoms with E-state index in [0.717, 1.165) is 30.9 Å². The van der Waals surface area contributed by atoms with Gasteiger partial charge in [0.15, 0.2) is 0 Å². The van der Waals surface area contributed by atoms with Gasteiger partial charge in [0, 0.05) is 25.2 Å². The second-order valence-corrected chi connectivity index (χ2v) is 5.73. The molecule has 0 saturated heterocycles. The summed E-state index contributed by atoms with van der Waals surface area (Å²) in [5.74, 6) is 2.81. The molecule has 2 nitrogen and oxygen atoms in total. The molecule has 0 unspecified atom stereocenters. The van der Waals surface area contributed by atoms with Crippen molar-refractivity contribution in [3.8, 4) is 0 Å². The summed E-state index contributed by atoms with van der Waals surface area (Å²) in [5, 5.41) is 0. The van der Waals surface area contributed by atoms with Gasteiger partial charge in [-0.05, 0) is 42.5 Å². The van der Waals surface area contributed by atoms with Crippen LogP contribution in [0.15, 0.2) is 12.1 Å². The number of nitrogens with zero attached hydrogens (tertiary/aromatic N) is 2. The Hall–Kier alpha value is -0.410. The van der Waals surface area contributed by atoms with Crippen molar-refractivity contribution < 1.29 is 0 Å². The highest BCUT2D eigenvalue weighted by atomic mass is 35.5. The number of aromatic nitrogens is 1. The van der Waals surface area contributed by atoms with Crippen LogP contribution in [0.1, 0.15) is 31.0 Å². The van der Waals surface area contributed by atoms with E-state index in [1.165, 1.54) is 17.7 Å². The Morgan fingerprint density at radius 2 is 2.17 bits per heavy atom. The lowest BCUT2D eigenvalue weighted by atomic mass is 10.2. The van der Waals surface area contributed by atoms with E-state index in [4.69, 9.17) is 16.6 Å². The number of aryl methyl sites for hydroxylation is 1. The molecule has 0 atom stereocenters. The van der Waals surface area contributed by atoms with E-state index in [2.05, 4.69) is 37.3 Å². The molecular weight excluding hydrogens is 264 g/mol. The molecule has 0 aliphatic heterocycles. The van der Waals surface area contributed by atoms with Crippen LogP contribution in [0.2, 0.25) is 0 Å². The van der Waals surface area contributed by atoms with Crippen LogP contribution in [0, 0.1) is 0 Å². The van der Waals surface area contributed by atoms with Gasteiger partial charge in [0.05, 0.1) is 0 Å². The lowest BCUT2D eigenvalue weighted by molar-refractivity contribution is 0.823. The van der Waals surface area contributed by atoms with E-state index in [9.17, 15) is 0 Å². The first kappa shape index (κ1) is 15.6. The first-order valence-electron chi connectivity index (χ1n) is 6.47. The number of pyridine rings is 1. The van der Waals surface area contributed by atoms with Crippen molar-refractivity contribution >= 4 is 29.2 Å². The predicted octanol–water partition coefficient (Wildman–Crippen LogP) is 3.96. The molecule has 0 radical (unpaired) electrons. The van der Waals surface area contributed by atoms with E-state index in [-0.39, 0.29) is 0 Å². The molecule has 4 heteroatoms. The third-order valence-corrected chi connectivity index (χ3v) is 3.82. The highest BCUT2D eigenvalue weighted by molar-refractivity contribution is 7.98. The summed E-state index contributed by atoms with van der Waals surface area (Å²) in [6, 6.07) is 4.22. The zero-order chi connectivity index (χ0) is 13.4. The lowest BCUT2D eigenvalue weighted by Crippen LogP contribution is -2.20. The second kappa shape index (κ2) is 8.65. The van der Waals surface area contributed by atoms with E-state index < -0.39 is 0 Å². The minimum Gasteiger partial charge on any atom is -0.360 e. The number of rotatable bonds is 8. The fourth-order valence-electron chi connectivity index (χ4n) is 1.85. The number of thioether (sulfide) groups is 1. The summed E-state index contributed by atoms with van der Waals surface area (Å²) in [4.78, 5) is 6.94. The average Bonchev–Trinajstić information content (AvgIpc) is 2.39. The Morgan fingerprint density at radius 3 is 2.78 bits per heavy atom. The molecule has 0 aliphatic rings. The molecule has 0 bridgehead atoms. The Bertz CT molecular complexity index is 358. The van der Waals surface area contributed by atoms with Crippen molar-refractivity contribution in [2.45, 2.75) is 32.1 Å². The molecule has 0 N–H and O–H groups in total. The Morgan fingerprint density at radius 1 is 1.39 bits per heavy atom. The number of alkyl halides is 1. The van der Waals surface area contributed by atoms with Crippen molar-refractivity contribution in [1.82, 2.24) is 4.98 Å². The van der Waals surface area contributed by atoms with Gasteiger partial charge in [0.1, 0.15) is 5.82 Å². The smallest absolute Gasteiger partial charge is 0.128 e. The van der Waals surface area contributed by atoms with Gasteiger partial charge in [-0.25, -0.2) is 4.98 Å². The van der Waals surface area contributed by atoms with Crippen LogP contribution in [-0.4, -0.2) is 30.6 Å². The van der Waals surface area contributed by atoms with Gasteiger partial charge in [-0.15, -0.1) is 11.6 Å². The average molecular weight is 287 g/mol. The fourth-order valence-corrected chi connectivity index (χ4v) is 2.42. The summed E-state index contributed by atoms with van der Waals surface area (Å²) in [6.07, 6.45) is 5.48. The van der Waals surface area contributed by atoms with Crippen LogP contribution in [0.5, 0.6) is 0 Å². The lowest BCUT2D eigenvalue weighted by Gasteiger charge is -2.19. The summed E-state index contributed by atoms with van der Waals surface area (Å²) in [5.41, 5.74) is 2.32. The molecule has 0 aromatic carbocycles. The van der Waals surface area contributed by atoms with Crippen LogP contribution < -0.4 is 4.90 Å². The van der Waals surface area contributed by atoms with Gasteiger partial charge in [0.2, 0.25) is 0 Å². The molecule has 0 saturated carbocycles. The highest BCUT2D eigenvalue weighted by Crippen LogP contribution is 2.17. The van der Waals surface area contributed by atoms with E-state index in [1.54, 1.807) is 0 Å². The number of anilines is 1. The highest BCUT2D eigenvalue weighted by Gasteiger charge is 2.06. The van der Waals surface area contributed by atoms with Crippen LogP contribution in [0.3, 0.4) is 0 Å². The first-order valence-corrected chi connectivity index (χ1v) is 8.40. The van der Waals surface area contributed by atoms with Crippen molar-refractivity contribution in [3.05, 3.63) is 23.4 Å². The van der Waals surface area contributed by atoms with Crippen molar-refractivity contribution in [2.24, 2.45) is 0 Å². The second-order valence-electron chi connectivity index (χ2n) is 4.48. The van der Waals surface area contributed by atoms with Crippen molar-refractivity contribution in [3.63, 3.8) is 0 Å². The Kier molecular flexibility index (Phi) is 7.52. The molecule has 0 amide bonds. The van der Waals surface area contributed by atoms with Crippen LogP contribution in [0.25, 0.3) is 0 Å². The normalized spacial score (nSPS) is 10.7. The third kappa shape index (κ3) is 5.07. The largest absolute Gasteiger partial charge is 0.360 e. The topological polar surface area (TPSA) is 16.1 Å². The zero-order valence-corrected chi connectivity index (χ0v) is 13.2. The SMILES string of the molecule is CCCc1cc(CCl)cc(N(C)CCCSC)n1.